The highest BCUT2D eigenvalue weighted by Gasteiger charge is 2.09. The number of rotatable bonds is 6. The number of thiophene rings is 1. The Hall–Kier alpha value is -2.60. The van der Waals surface area contributed by atoms with E-state index in [4.69, 9.17) is 4.42 Å². The van der Waals surface area contributed by atoms with E-state index in [1.165, 1.54) is 10.4 Å². The molecule has 2 aromatic heterocycles. The van der Waals surface area contributed by atoms with Crippen molar-refractivity contribution in [3.05, 3.63) is 64.3 Å². The van der Waals surface area contributed by atoms with E-state index in [-0.39, 0.29) is 0 Å². The second-order valence-electron chi connectivity index (χ2n) is 6.21. The van der Waals surface area contributed by atoms with Gasteiger partial charge in [0.1, 0.15) is 0 Å². The summed E-state index contributed by atoms with van der Waals surface area (Å²) in [6, 6.07) is 12.5. The molecule has 0 aliphatic carbocycles. The number of guanidine groups is 1. The standard InChI is InChI=1S/C20H24N4OS/c1-14-6-8-16(9-7-14)17-12-22-19(25-17)13-24-20(21-3)23-11-15(2)18-5-4-10-26-18/h4-10,12,15H,11,13H2,1-3H3,(H2,21,23,24). The summed E-state index contributed by atoms with van der Waals surface area (Å²) >= 11 is 1.78. The Balaban J connectivity index is 1.52. The van der Waals surface area contributed by atoms with Crippen LogP contribution in [0.2, 0.25) is 0 Å². The predicted molar refractivity (Wildman–Crippen MR) is 108 cm³/mol. The molecule has 2 heterocycles. The first kappa shape index (κ1) is 18.2. The molecular weight excluding hydrogens is 344 g/mol. The van der Waals surface area contributed by atoms with Crippen molar-refractivity contribution < 1.29 is 4.42 Å². The number of aromatic nitrogens is 1. The molecule has 0 spiro atoms. The second-order valence-corrected chi connectivity index (χ2v) is 7.19. The molecule has 26 heavy (non-hydrogen) atoms. The van der Waals surface area contributed by atoms with Gasteiger partial charge in [0.15, 0.2) is 11.7 Å². The van der Waals surface area contributed by atoms with Gasteiger partial charge in [-0.05, 0) is 18.4 Å². The highest BCUT2D eigenvalue weighted by Crippen LogP contribution is 2.21. The number of nitrogens with zero attached hydrogens (tertiary/aromatic N) is 2. The zero-order valence-corrected chi connectivity index (χ0v) is 16.1. The van der Waals surface area contributed by atoms with Crippen molar-refractivity contribution in [1.29, 1.82) is 0 Å². The topological polar surface area (TPSA) is 62.5 Å². The number of hydrogen-bond acceptors (Lipinski definition) is 4. The lowest BCUT2D eigenvalue weighted by Gasteiger charge is -2.14. The molecule has 1 unspecified atom stereocenters. The van der Waals surface area contributed by atoms with Gasteiger partial charge in [-0.1, -0.05) is 42.8 Å². The van der Waals surface area contributed by atoms with Crippen molar-refractivity contribution in [3.8, 4) is 11.3 Å². The van der Waals surface area contributed by atoms with Crippen LogP contribution in [-0.4, -0.2) is 24.5 Å². The maximum Gasteiger partial charge on any atom is 0.214 e. The fourth-order valence-corrected chi connectivity index (χ4v) is 3.33. The minimum absolute atomic E-state index is 0.434. The molecule has 5 nitrogen and oxygen atoms in total. The van der Waals surface area contributed by atoms with Gasteiger partial charge in [-0.15, -0.1) is 11.3 Å². The van der Waals surface area contributed by atoms with Gasteiger partial charge in [0.25, 0.3) is 0 Å². The van der Waals surface area contributed by atoms with Crippen LogP contribution in [0.3, 0.4) is 0 Å². The van der Waals surface area contributed by atoms with Gasteiger partial charge in [-0.2, -0.15) is 0 Å². The maximum absolute atomic E-state index is 5.83. The highest BCUT2D eigenvalue weighted by atomic mass is 32.1. The number of nitrogens with one attached hydrogen (secondary N) is 2. The van der Waals surface area contributed by atoms with E-state index < -0.39 is 0 Å². The number of hydrogen-bond donors (Lipinski definition) is 2. The number of oxazole rings is 1. The van der Waals surface area contributed by atoms with Gasteiger partial charge in [0.2, 0.25) is 5.89 Å². The molecule has 136 valence electrons. The summed E-state index contributed by atoms with van der Waals surface area (Å²) in [4.78, 5) is 9.97. The molecule has 0 fully saturated rings. The van der Waals surface area contributed by atoms with Crippen LogP contribution in [0.15, 0.2) is 57.4 Å². The van der Waals surface area contributed by atoms with Gasteiger partial charge in [0, 0.05) is 30.0 Å². The summed E-state index contributed by atoms with van der Waals surface area (Å²) in [5.74, 6) is 2.58. The van der Waals surface area contributed by atoms with Crippen LogP contribution in [0.1, 0.15) is 29.2 Å². The van der Waals surface area contributed by atoms with Crippen LogP contribution in [0.25, 0.3) is 11.3 Å². The zero-order chi connectivity index (χ0) is 18.4. The van der Waals surface area contributed by atoms with Gasteiger partial charge in [-0.3, -0.25) is 4.99 Å². The minimum Gasteiger partial charge on any atom is -0.439 e. The normalized spacial score (nSPS) is 12.8. The van der Waals surface area contributed by atoms with E-state index in [1.54, 1.807) is 24.6 Å². The first-order chi connectivity index (χ1) is 12.7. The van der Waals surface area contributed by atoms with Crippen molar-refractivity contribution in [3.63, 3.8) is 0 Å². The molecule has 0 aliphatic heterocycles. The van der Waals surface area contributed by atoms with Crippen LogP contribution in [-0.2, 0) is 6.54 Å². The Kier molecular flexibility index (Phi) is 6.07. The second kappa shape index (κ2) is 8.67. The molecule has 0 saturated carbocycles. The van der Waals surface area contributed by atoms with E-state index >= 15 is 0 Å². The SMILES string of the molecule is CN=C(NCc1ncc(-c2ccc(C)cc2)o1)NCC(C)c1cccs1. The fraction of sp³-hybridized carbons (Fsp3) is 0.300. The third kappa shape index (κ3) is 4.73. The van der Waals surface area contributed by atoms with Crippen LogP contribution >= 0.6 is 11.3 Å². The Morgan fingerprint density at radius 1 is 1.23 bits per heavy atom. The Bertz CT molecular complexity index is 837. The summed E-state index contributed by atoms with van der Waals surface area (Å²) in [6.45, 7) is 5.57. The molecule has 3 rings (SSSR count). The fourth-order valence-electron chi connectivity index (χ4n) is 2.55. The van der Waals surface area contributed by atoms with Crippen LogP contribution in [0.4, 0.5) is 0 Å². The largest absolute Gasteiger partial charge is 0.439 e. The predicted octanol–water partition coefficient (Wildman–Crippen LogP) is 4.18. The van der Waals surface area contributed by atoms with Crippen molar-refractivity contribution in [2.24, 2.45) is 4.99 Å². The molecule has 0 bridgehead atoms. The molecule has 1 atom stereocenters. The van der Waals surface area contributed by atoms with Crippen LogP contribution in [0, 0.1) is 6.92 Å². The van der Waals surface area contributed by atoms with Gasteiger partial charge in [-0.25, -0.2) is 4.98 Å². The third-order valence-electron chi connectivity index (χ3n) is 4.12. The molecule has 3 aromatic rings. The summed E-state index contributed by atoms with van der Waals surface area (Å²) in [6.07, 6.45) is 1.76. The molecule has 0 amide bonds. The smallest absolute Gasteiger partial charge is 0.214 e. The van der Waals surface area contributed by atoms with Gasteiger partial charge >= 0.3 is 0 Å². The lowest BCUT2D eigenvalue weighted by atomic mass is 10.1. The van der Waals surface area contributed by atoms with E-state index in [0.29, 0.717) is 18.4 Å². The number of benzene rings is 1. The molecule has 6 heteroatoms. The van der Waals surface area contributed by atoms with Gasteiger partial charge < -0.3 is 15.1 Å². The first-order valence-electron chi connectivity index (χ1n) is 8.65. The number of aryl methyl sites for hydroxylation is 1. The monoisotopic (exact) mass is 368 g/mol. The molecular formula is C20H24N4OS. The van der Waals surface area contributed by atoms with E-state index in [9.17, 15) is 0 Å². The zero-order valence-electron chi connectivity index (χ0n) is 15.3. The molecule has 1 aromatic carbocycles. The average Bonchev–Trinajstić information content (AvgIpc) is 3.34. The van der Waals surface area contributed by atoms with Crippen molar-refractivity contribution in [2.75, 3.05) is 13.6 Å². The average molecular weight is 369 g/mol. The molecule has 0 radical (unpaired) electrons. The lowest BCUT2D eigenvalue weighted by Crippen LogP contribution is -2.38. The van der Waals surface area contributed by atoms with Crippen LogP contribution < -0.4 is 10.6 Å². The quantitative estimate of drug-likeness (QED) is 0.506. The van der Waals surface area contributed by atoms with Crippen molar-refractivity contribution in [1.82, 2.24) is 15.6 Å². The Morgan fingerprint density at radius 2 is 2.04 bits per heavy atom. The Morgan fingerprint density at radius 3 is 2.73 bits per heavy atom. The van der Waals surface area contributed by atoms with Crippen molar-refractivity contribution in [2.45, 2.75) is 26.3 Å². The van der Waals surface area contributed by atoms with Crippen molar-refractivity contribution >= 4 is 17.3 Å². The first-order valence-corrected chi connectivity index (χ1v) is 9.53. The Labute approximate surface area is 158 Å². The van der Waals surface area contributed by atoms with E-state index in [0.717, 1.165) is 23.8 Å². The van der Waals surface area contributed by atoms with E-state index in [2.05, 4.69) is 64.1 Å². The van der Waals surface area contributed by atoms with Gasteiger partial charge in [0.05, 0.1) is 12.7 Å². The van der Waals surface area contributed by atoms with E-state index in [1.807, 2.05) is 12.1 Å². The maximum atomic E-state index is 5.83. The lowest BCUT2D eigenvalue weighted by molar-refractivity contribution is 0.497. The van der Waals surface area contributed by atoms with Crippen LogP contribution in [0.5, 0.6) is 0 Å². The summed E-state index contributed by atoms with van der Waals surface area (Å²) in [5, 5.41) is 8.70. The highest BCUT2D eigenvalue weighted by molar-refractivity contribution is 7.10. The molecule has 2 N–H and O–H groups in total. The summed E-state index contributed by atoms with van der Waals surface area (Å²) in [5.41, 5.74) is 2.25. The number of aliphatic imine (C=N–C) groups is 1. The molecule has 0 saturated heterocycles. The summed E-state index contributed by atoms with van der Waals surface area (Å²) in [7, 11) is 1.76. The molecule has 0 aliphatic rings. The summed E-state index contributed by atoms with van der Waals surface area (Å²) < 4.78 is 5.83. The third-order valence-corrected chi connectivity index (χ3v) is 5.23. The minimum atomic E-state index is 0.434.